The highest BCUT2D eigenvalue weighted by molar-refractivity contribution is 5.71. The number of rotatable bonds is 4. The summed E-state index contributed by atoms with van der Waals surface area (Å²) < 4.78 is 65.1. The maximum atomic E-state index is 12.8. The zero-order valence-electron chi connectivity index (χ0n) is 17.0. The van der Waals surface area contributed by atoms with Gasteiger partial charge in [-0.15, -0.1) is 0 Å². The number of hydrogen-bond donors (Lipinski definition) is 0. The van der Waals surface area contributed by atoms with Crippen molar-refractivity contribution in [1.82, 2.24) is 29.7 Å². The van der Waals surface area contributed by atoms with Crippen molar-refractivity contribution < 1.29 is 22.0 Å². The smallest absolute Gasteiger partial charge is 0.367 e. The molecule has 0 unspecified atom stereocenters. The molecule has 13 heteroatoms. The fourth-order valence-electron chi connectivity index (χ4n) is 4.49. The van der Waals surface area contributed by atoms with Gasteiger partial charge in [0.15, 0.2) is 5.65 Å². The highest BCUT2D eigenvalue weighted by Crippen LogP contribution is 2.43. The highest BCUT2D eigenvalue weighted by atomic mass is 19.4. The fraction of sp³-hybridized carbons (Fsp3) is 0.526. The molecule has 1 spiro atoms. The van der Waals surface area contributed by atoms with Crippen molar-refractivity contribution in [2.24, 2.45) is 5.41 Å². The van der Waals surface area contributed by atoms with E-state index < -0.39 is 25.0 Å². The number of anilines is 2. The van der Waals surface area contributed by atoms with E-state index in [2.05, 4.69) is 29.9 Å². The molecule has 0 N–H and O–H groups in total. The van der Waals surface area contributed by atoms with Gasteiger partial charge in [-0.1, -0.05) is 0 Å². The Hall–Kier alpha value is -3.12. The highest BCUT2D eigenvalue weighted by Gasteiger charge is 2.48. The summed E-state index contributed by atoms with van der Waals surface area (Å²) in [6, 6.07) is 0. The number of fused-ring (bicyclic) bond motifs is 1. The molecule has 0 bridgehead atoms. The van der Waals surface area contributed by atoms with Crippen LogP contribution in [0.2, 0.25) is 0 Å². The molecule has 8 nitrogen and oxygen atoms in total. The van der Waals surface area contributed by atoms with Crippen molar-refractivity contribution in [2.75, 3.05) is 36.0 Å². The van der Waals surface area contributed by atoms with Crippen LogP contribution in [-0.4, -0.2) is 62.3 Å². The van der Waals surface area contributed by atoms with Gasteiger partial charge < -0.3 is 9.80 Å². The summed E-state index contributed by atoms with van der Waals surface area (Å²) in [6.45, 7) is 3.74. The summed E-state index contributed by atoms with van der Waals surface area (Å²) in [5, 5.41) is 3.94. The van der Waals surface area contributed by atoms with E-state index in [4.69, 9.17) is 0 Å². The minimum absolute atomic E-state index is 0.0327. The van der Waals surface area contributed by atoms with Crippen LogP contribution in [0.15, 0.2) is 18.6 Å². The first kappa shape index (κ1) is 20.8. The molecular formula is C19H19F5N8. The minimum Gasteiger partial charge on any atom is -0.367 e. The molecular weight excluding hydrogens is 435 g/mol. The Balaban J connectivity index is 1.29. The molecule has 0 radical (unpaired) electrons. The molecule has 0 atom stereocenters. The molecule has 5 heterocycles. The lowest BCUT2D eigenvalue weighted by atomic mass is 9.78. The molecule has 3 aromatic rings. The Morgan fingerprint density at radius 1 is 1.03 bits per heavy atom. The normalized spacial score (nSPS) is 18.2. The summed E-state index contributed by atoms with van der Waals surface area (Å²) >= 11 is 0. The Bertz CT molecular complexity index is 1150. The molecule has 0 aliphatic carbocycles. The van der Waals surface area contributed by atoms with Crippen LogP contribution in [0, 0.1) is 12.3 Å². The van der Waals surface area contributed by atoms with Crippen molar-refractivity contribution >= 4 is 22.7 Å². The van der Waals surface area contributed by atoms with E-state index in [9.17, 15) is 22.0 Å². The van der Waals surface area contributed by atoms with E-state index >= 15 is 0 Å². The van der Waals surface area contributed by atoms with Crippen LogP contribution in [0.3, 0.4) is 0 Å². The number of alkyl halides is 5. The van der Waals surface area contributed by atoms with Crippen molar-refractivity contribution in [2.45, 2.75) is 32.5 Å². The van der Waals surface area contributed by atoms with Gasteiger partial charge in [0, 0.05) is 31.6 Å². The molecule has 32 heavy (non-hydrogen) atoms. The summed E-state index contributed by atoms with van der Waals surface area (Å²) in [5.74, 6) is -0.543. The van der Waals surface area contributed by atoms with Crippen LogP contribution in [0.5, 0.6) is 0 Å². The number of aromatic nitrogens is 6. The predicted molar refractivity (Wildman–Crippen MR) is 105 cm³/mol. The average Bonchev–Trinajstić information content (AvgIpc) is 3.31. The Morgan fingerprint density at radius 3 is 2.47 bits per heavy atom. The summed E-state index contributed by atoms with van der Waals surface area (Å²) in [6.07, 6.45) is -1.98. The topological polar surface area (TPSA) is 75.9 Å². The molecule has 0 aromatic carbocycles. The monoisotopic (exact) mass is 454 g/mol. The lowest BCUT2D eigenvalue weighted by molar-refractivity contribution is -0.145. The van der Waals surface area contributed by atoms with E-state index in [1.165, 1.54) is 12.4 Å². The zero-order valence-corrected chi connectivity index (χ0v) is 17.0. The lowest BCUT2D eigenvalue weighted by Gasteiger charge is -2.49. The molecule has 170 valence electrons. The van der Waals surface area contributed by atoms with Crippen molar-refractivity contribution in [3.05, 3.63) is 30.1 Å². The molecule has 3 aromatic heterocycles. The largest absolute Gasteiger partial charge is 0.451 e. The summed E-state index contributed by atoms with van der Waals surface area (Å²) in [5.41, 5.74) is 1.63. The second kappa shape index (κ2) is 7.20. The third kappa shape index (κ3) is 3.58. The summed E-state index contributed by atoms with van der Waals surface area (Å²) in [4.78, 5) is 19.9. The lowest BCUT2D eigenvalue weighted by Crippen LogP contribution is -2.58. The van der Waals surface area contributed by atoms with E-state index in [-0.39, 0.29) is 5.41 Å². The second-order valence-electron chi connectivity index (χ2n) is 8.34. The number of hydrogen-bond acceptors (Lipinski definition) is 7. The van der Waals surface area contributed by atoms with Crippen LogP contribution in [0.1, 0.15) is 17.9 Å². The molecule has 2 aliphatic heterocycles. The van der Waals surface area contributed by atoms with Crippen molar-refractivity contribution in [1.29, 1.82) is 0 Å². The number of nitrogens with zero attached hydrogens (tertiary/aromatic N) is 8. The van der Waals surface area contributed by atoms with Gasteiger partial charge in [-0.25, -0.2) is 33.4 Å². The maximum absolute atomic E-state index is 12.8. The van der Waals surface area contributed by atoms with Gasteiger partial charge in [-0.2, -0.15) is 18.3 Å². The molecule has 5 rings (SSSR count). The van der Waals surface area contributed by atoms with Crippen molar-refractivity contribution in [3.8, 4) is 0 Å². The van der Waals surface area contributed by atoms with Gasteiger partial charge in [0.25, 0.3) is 6.43 Å². The molecule has 0 amide bonds. The minimum atomic E-state index is -4.57. The quantitative estimate of drug-likeness (QED) is 0.561. The SMILES string of the molecule is Cc1nc(C(F)(F)F)ncc1N1CC2(CCN(c3cnc4cnn(CC(F)F)c4n3)C2)C1. The van der Waals surface area contributed by atoms with Crippen LogP contribution < -0.4 is 9.80 Å². The number of aryl methyl sites for hydroxylation is 1. The van der Waals surface area contributed by atoms with Crippen LogP contribution in [0.4, 0.5) is 33.5 Å². The fourth-order valence-corrected chi connectivity index (χ4v) is 4.49. The molecule has 2 saturated heterocycles. The van der Waals surface area contributed by atoms with Crippen LogP contribution in [-0.2, 0) is 12.7 Å². The van der Waals surface area contributed by atoms with Gasteiger partial charge in [0.1, 0.15) is 17.9 Å². The van der Waals surface area contributed by atoms with Crippen molar-refractivity contribution in [3.63, 3.8) is 0 Å². The van der Waals surface area contributed by atoms with Gasteiger partial charge >= 0.3 is 6.18 Å². The van der Waals surface area contributed by atoms with E-state index in [0.29, 0.717) is 48.0 Å². The van der Waals surface area contributed by atoms with Gasteiger partial charge in [0.05, 0.1) is 30.0 Å². The zero-order chi connectivity index (χ0) is 22.7. The number of halogens is 5. The molecule has 0 saturated carbocycles. The van der Waals surface area contributed by atoms with E-state index in [1.54, 1.807) is 13.1 Å². The average molecular weight is 454 g/mol. The Kier molecular flexibility index (Phi) is 4.67. The van der Waals surface area contributed by atoms with Crippen LogP contribution >= 0.6 is 0 Å². The molecule has 2 fully saturated rings. The van der Waals surface area contributed by atoms with Gasteiger partial charge in [-0.05, 0) is 13.3 Å². The third-order valence-corrected chi connectivity index (χ3v) is 6.01. The first-order valence-electron chi connectivity index (χ1n) is 10.0. The maximum Gasteiger partial charge on any atom is 0.451 e. The third-order valence-electron chi connectivity index (χ3n) is 6.01. The first-order valence-corrected chi connectivity index (χ1v) is 10.0. The van der Waals surface area contributed by atoms with E-state index in [0.717, 1.165) is 17.6 Å². The standard InChI is InChI=1S/C19H19F5N8/c1-11-13(5-26-17(28-11)19(22,23)24)31-9-18(10-31)2-3-30(8-18)15-6-25-12-4-27-32(7-14(20)21)16(12)29-15/h4-6,14H,2-3,7-10H2,1H3. The van der Waals surface area contributed by atoms with E-state index in [1.807, 2.05) is 4.90 Å². The Morgan fingerprint density at radius 2 is 1.78 bits per heavy atom. The predicted octanol–water partition coefficient (Wildman–Crippen LogP) is 2.93. The Labute approximate surface area is 179 Å². The second-order valence-corrected chi connectivity index (χ2v) is 8.34. The molecule has 2 aliphatic rings. The van der Waals surface area contributed by atoms with Crippen LogP contribution in [0.25, 0.3) is 11.2 Å². The first-order chi connectivity index (χ1) is 15.1. The van der Waals surface area contributed by atoms with Gasteiger partial charge in [-0.3, -0.25) is 0 Å². The van der Waals surface area contributed by atoms with Gasteiger partial charge in [0.2, 0.25) is 5.82 Å². The summed E-state index contributed by atoms with van der Waals surface area (Å²) in [7, 11) is 0.